The van der Waals surface area contributed by atoms with Gasteiger partial charge >= 0.3 is 17.1 Å². The van der Waals surface area contributed by atoms with Crippen molar-refractivity contribution in [2.24, 2.45) is 0 Å². The number of rotatable bonds is 4. The third kappa shape index (κ3) is 4.44. The van der Waals surface area contributed by atoms with E-state index in [2.05, 4.69) is 91.7 Å². The first-order valence-corrected chi connectivity index (χ1v) is 13.4. The molecule has 0 N–H and O–H groups in total. The van der Waals surface area contributed by atoms with Crippen LogP contribution in [-0.4, -0.2) is 24.1 Å². The van der Waals surface area contributed by atoms with Crippen molar-refractivity contribution in [3.05, 3.63) is 63.7 Å². The van der Waals surface area contributed by atoms with Crippen LogP contribution in [0.4, 0.5) is 5.69 Å². The van der Waals surface area contributed by atoms with Gasteiger partial charge in [0.2, 0.25) is 0 Å². The van der Waals surface area contributed by atoms with Gasteiger partial charge in [0.05, 0.1) is 22.8 Å². The standard InChI is InChI=1S/C32H37N5.Cu/c1-10-21-19(6)26-16-29-22(11-2)18(5)25(34-29)15-27-20(7)23(12-3)31(36-27)32(37(8)9)30-13-17(4)24(33-30)14-28(21)35-26;/h13-16H,10-12H2,1-9H3;/q-2;+2. The van der Waals surface area contributed by atoms with Gasteiger partial charge in [0.25, 0.3) is 0 Å². The van der Waals surface area contributed by atoms with Crippen molar-refractivity contribution in [2.45, 2.75) is 67.7 Å². The minimum atomic E-state index is 0. The maximum Gasteiger partial charge on any atom is 2.00 e. The van der Waals surface area contributed by atoms with Crippen LogP contribution in [0.2, 0.25) is 0 Å². The van der Waals surface area contributed by atoms with E-state index in [-0.39, 0.29) is 17.1 Å². The van der Waals surface area contributed by atoms with E-state index >= 15 is 0 Å². The van der Waals surface area contributed by atoms with Crippen molar-refractivity contribution in [2.75, 3.05) is 19.0 Å². The molecule has 0 atom stereocenters. The van der Waals surface area contributed by atoms with Crippen molar-refractivity contribution in [1.29, 1.82) is 0 Å². The Morgan fingerprint density at radius 1 is 0.658 bits per heavy atom. The Balaban J connectivity index is 0.00000336. The monoisotopic (exact) mass is 554 g/mol. The largest absolute Gasteiger partial charge is 2.00 e. The number of hydrogen-bond donors (Lipinski definition) is 0. The summed E-state index contributed by atoms with van der Waals surface area (Å²) in [5, 5.41) is 0. The summed E-state index contributed by atoms with van der Waals surface area (Å²) in [6.45, 7) is 15.3. The van der Waals surface area contributed by atoms with E-state index < -0.39 is 0 Å². The van der Waals surface area contributed by atoms with Crippen LogP contribution in [-0.2, 0) is 23.5 Å². The summed E-state index contributed by atoms with van der Waals surface area (Å²) in [4.78, 5) is 22.7. The average Bonchev–Trinajstić information content (AvgIpc) is 3.53. The van der Waals surface area contributed by atoms with Gasteiger partial charge in [-0.1, -0.05) is 61.7 Å². The Kier molecular flexibility index (Phi) is 7.79. The third-order valence-corrected chi connectivity index (χ3v) is 7.92. The number of aryl methyl sites for hydroxylation is 3. The fourth-order valence-corrected chi connectivity index (χ4v) is 5.79. The van der Waals surface area contributed by atoms with E-state index in [0.29, 0.717) is 0 Å². The molecule has 0 unspecified atom stereocenters. The van der Waals surface area contributed by atoms with Gasteiger partial charge in [0.15, 0.2) is 0 Å². The van der Waals surface area contributed by atoms with Gasteiger partial charge in [-0.25, -0.2) is 9.97 Å². The van der Waals surface area contributed by atoms with Crippen LogP contribution < -0.4 is 14.9 Å². The maximum absolute atomic E-state index is 5.21. The molecule has 0 spiro atoms. The molecule has 8 bridgehead atoms. The molecule has 5 heterocycles. The predicted molar refractivity (Wildman–Crippen MR) is 158 cm³/mol. The van der Waals surface area contributed by atoms with Crippen molar-refractivity contribution < 1.29 is 17.1 Å². The SMILES string of the molecule is CCC1=C(C)c2cc3[n-]c(cc4nc(c(N(C)C)c5cc(C)c(cc1n2)[n-]5)C(CC)=C4C)c(C)c3CC.[Cu+2]. The number of anilines is 1. The Labute approximate surface area is 237 Å². The quantitative estimate of drug-likeness (QED) is 0.312. The molecule has 38 heavy (non-hydrogen) atoms. The number of nitrogens with zero attached hydrogens (tertiary/aromatic N) is 5. The number of fused-ring (bicyclic) bond motifs is 8. The first-order chi connectivity index (χ1) is 17.7. The third-order valence-electron chi connectivity index (χ3n) is 7.92. The molecule has 5 rings (SSSR count). The molecule has 2 aliphatic heterocycles. The molecule has 0 amide bonds. The molecule has 3 aromatic rings. The molecule has 1 radical (unpaired) electrons. The first-order valence-electron chi connectivity index (χ1n) is 13.4. The Morgan fingerprint density at radius 3 is 1.87 bits per heavy atom. The van der Waals surface area contributed by atoms with Crippen molar-refractivity contribution in [1.82, 2.24) is 19.9 Å². The van der Waals surface area contributed by atoms with Crippen LogP contribution in [0.1, 0.15) is 86.9 Å². The van der Waals surface area contributed by atoms with Gasteiger partial charge in [-0.05, 0) is 69.2 Å². The molecule has 0 saturated carbocycles. The number of hydrogen-bond acceptors (Lipinski definition) is 3. The zero-order valence-electron chi connectivity index (χ0n) is 24.0. The van der Waals surface area contributed by atoms with Crippen molar-refractivity contribution in [3.63, 3.8) is 0 Å². The molecule has 0 saturated heterocycles. The van der Waals surface area contributed by atoms with Crippen molar-refractivity contribution >= 4 is 50.0 Å². The number of aromatic nitrogens is 4. The summed E-state index contributed by atoms with van der Waals surface area (Å²) >= 11 is 0. The zero-order chi connectivity index (χ0) is 26.6. The topological polar surface area (TPSA) is 57.2 Å². The molecule has 0 aromatic carbocycles. The molecule has 2 aliphatic rings. The van der Waals surface area contributed by atoms with E-state index in [1.807, 2.05) is 0 Å². The molecule has 6 heteroatoms. The average molecular weight is 555 g/mol. The molecule has 5 nitrogen and oxygen atoms in total. The van der Waals surface area contributed by atoms with Gasteiger partial charge in [-0.2, -0.15) is 0 Å². The summed E-state index contributed by atoms with van der Waals surface area (Å²) < 4.78 is 0. The second-order valence-corrected chi connectivity index (χ2v) is 10.4. The fourth-order valence-electron chi connectivity index (χ4n) is 5.79. The van der Waals surface area contributed by atoms with Gasteiger partial charge in [0.1, 0.15) is 0 Å². The van der Waals surface area contributed by atoms with E-state index in [1.165, 1.54) is 33.4 Å². The summed E-state index contributed by atoms with van der Waals surface area (Å²) in [7, 11) is 4.16. The van der Waals surface area contributed by atoms with Crippen LogP contribution in [0.15, 0.2) is 24.3 Å². The predicted octanol–water partition coefficient (Wildman–Crippen LogP) is 7.50. The summed E-state index contributed by atoms with van der Waals surface area (Å²) in [6.07, 6.45) is 2.75. The van der Waals surface area contributed by atoms with Gasteiger partial charge in [-0.3, -0.25) is 0 Å². The molecule has 0 aliphatic carbocycles. The van der Waals surface area contributed by atoms with E-state index in [9.17, 15) is 0 Å². The summed E-state index contributed by atoms with van der Waals surface area (Å²) in [6, 6.07) is 8.67. The first kappa shape index (κ1) is 27.9. The van der Waals surface area contributed by atoms with Crippen LogP contribution in [0.25, 0.3) is 44.4 Å². The van der Waals surface area contributed by atoms with Crippen LogP contribution in [0.5, 0.6) is 0 Å². The molecular formula is C32H37CuN5. The molecule has 201 valence electrons. The summed E-state index contributed by atoms with van der Waals surface area (Å²) in [5.41, 5.74) is 17.6. The van der Waals surface area contributed by atoms with Gasteiger partial charge in [-0.15, -0.1) is 22.1 Å². The Morgan fingerprint density at radius 2 is 1.24 bits per heavy atom. The minimum Gasteiger partial charge on any atom is -0.657 e. The Hall–Kier alpha value is -3.08. The van der Waals surface area contributed by atoms with Gasteiger partial charge in [0, 0.05) is 19.8 Å². The summed E-state index contributed by atoms with van der Waals surface area (Å²) in [5.74, 6) is 0. The van der Waals surface area contributed by atoms with Crippen molar-refractivity contribution in [3.8, 4) is 0 Å². The second kappa shape index (κ2) is 10.6. The van der Waals surface area contributed by atoms with E-state index in [0.717, 1.165) is 75.4 Å². The van der Waals surface area contributed by atoms with Gasteiger partial charge < -0.3 is 14.9 Å². The molecule has 0 fully saturated rings. The van der Waals surface area contributed by atoms with Crippen LogP contribution in [0.3, 0.4) is 0 Å². The number of allylic oxidation sites excluding steroid dienone is 4. The smallest absolute Gasteiger partial charge is 0.657 e. The second-order valence-electron chi connectivity index (χ2n) is 10.4. The van der Waals surface area contributed by atoms with Crippen LogP contribution >= 0.6 is 0 Å². The molecule has 3 aromatic heterocycles. The Bertz CT molecular complexity index is 1650. The fraction of sp³-hybridized carbons (Fsp3) is 0.375. The zero-order valence-corrected chi connectivity index (χ0v) is 24.9. The maximum atomic E-state index is 5.21. The normalized spacial score (nSPS) is 13.3. The molecular weight excluding hydrogens is 518 g/mol. The minimum absolute atomic E-state index is 0. The van der Waals surface area contributed by atoms with E-state index in [4.69, 9.17) is 19.9 Å². The van der Waals surface area contributed by atoms with E-state index in [1.54, 1.807) is 0 Å². The van der Waals surface area contributed by atoms with Crippen LogP contribution in [0, 0.1) is 13.8 Å².